The summed E-state index contributed by atoms with van der Waals surface area (Å²) in [4.78, 5) is 18.4. The lowest BCUT2D eigenvalue weighted by molar-refractivity contribution is 0.102. The summed E-state index contributed by atoms with van der Waals surface area (Å²) in [6, 6.07) is 10.5. The Kier molecular flexibility index (Phi) is 5.22. The van der Waals surface area contributed by atoms with Gasteiger partial charge in [-0.05, 0) is 31.2 Å². The van der Waals surface area contributed by atoms with Gasteiger partial charge in [-0.1, -0.05) is 23.7 Å². The van der Waals surface area contributed by atoms with E-state index in [1.165, 1.54) is 6.07 Å². The van der Waals surface area contributed by atoms with Gasteiger partial charge in [-0.25, -0.2) is 4.98 Å². The fourth-order valence-electron chi connectivity index (χ4n) is 1.89. The van der Waals surface area contributed by atoms with Gasteiger partial charge in [0.05, 0.1) is 12.3 Å². The van der Waals surface area contributed by atoms with Crippen molar-refractivity contribution in [2.75, 3.05) is 30.9 Å². The highest BCUT2D eigenvalue weighted by Crippen LogP contribution is 2.25. The average Bonchev–Trinajstić information content (AvgIpc) is 2.48. The Morgan fingerprint density at radius 1 is 1.32 bits per heavy atom. The van der Waals surface area contributed by atoms with E-state index >= 15 is 0 Å². The summed E-state index contributed by atoms with van der Waals surface area (Å²) in [5.74, 6) is 0.988. The number of rotatable bonds is 5. The Bertz CT molecular complexity index is 674. The largest absolute Gasteiger partial charge is 0.492 e. The first-order valence-electron chi connectivity index (χ1n) is 6.89. The fraction of sp³-hybridized carbons (Fsp3) is 0.250. The maximum Gasteiger partial charge on any atom is 0.256 e. The van der Waals surface area contributed by atoms with Gasteiger partial charge in [0, 0.05) is 19.7 Å². The average molecular weight is 320 g/mol. The maximum absolute atomic E-state index is 12.4. The molecule has 0 unspecified atom stereocenters. The zero-order valence-corrected chi connectivity index (χ0v) is 13.5. The van der Waals surface area contributed by atoms with Crippen LogP contribution in [0.3, 0.4) is 0 Å². The number of pyridine rings is 1. The van der Waals surface area contributed by atoms with Crippen molar-refractivity contribution in [1.82, 2.24) is 4.98 Å². The van der Waals surface area contributed by atoms with Crippen molar-refractivity contribution in [3.63, 3.8) is 0 Å². The minimum atomic E-state index is -0.264. The fourth-order valence-corrected chi connectivity index (χ4v) is 2.09. The van der Waals surface area contributed by atoms with E-state index in [2.05, 4.69) is 10.3 Å². The number of carbonyl (C=O) groups is 1. The van der Waals surface area contributed by atoms with Crippen LogP contribution in [-0.2, 0) is 0 Å². The van der Waals surface area contributed by atoms with E-state index in [9.17, 15) is 4.79 Å². The number of nitrogens with one attached hydrogen (secondary N) is 1. The van der Waals surface area contributed by atoms with Gasteiger partial charge in [0.2, 0.25) is 0 Å². The minimum Gasteiger partial charge on any atom is -0.492 e. The van der Waals surface area contributed by atoms with E-state index in [1.54, 1.807) is 17.0 Å². The second kappa shape index (κ2) is 7.13. The topological polar surface area (TPSA) is 54.5 Å². The van der Waals surface area contributed by atoms with Gasteiger partial charge in [-0.15, -0.1) is 0 Å². The van der Waals surface area contributed by atoms with E-state index in [4.69, 9.17) is 16.3 Å². The molecule has 0 atom stereocenters. The third-order valence-corrected chi connectivity index (χ3v) is 3.13. The quantitative estimate of drug-likeness (QED) is 0.858. The number of para-hydroxylation sites is 2. The monoisotopic (exact) mass is 319 g/mol. The van der Waals surface area contributed by atoms with Gasteiger partial charge >= 0.3 is 0 Å². The van der Waals surface area contributed by atoms with Crippen molar-refractivity contribution in [3.05, 3.63) is 47.1 Å². The number of hydrogen-bond donors (Lipinski definition) is 1. The van der Waals surface area contributed by atoms with Crippen molar-refractivity contribution in [1.29, 1.82) is 0 Å². The van der Waals surface area contributed by atoms with Gasteiger partial charge in [0.1, 0.15) is 16.7 Å². The number of carbonyl (C=O) groups excluding carboxylic acids is 1. The molecule has 0 saturated carbocycles. The highest BCUT2D eigenvalue weighted by molar-refractivity contribution is 6.30. The molecule has 6 heteroatoms. The second-order valence-corrected chi connectivity index (χ2v) is 5.20. The van der Waals surface area contributed by atoms with E-state index < -0.39 is 0 Å². The Hall–Kier alpha value is -2.27. The van der Waals surface area contributed by atoms with Crippen LogP contribution in [0.15, 0.2) is 36.4 Å². The Balaban J connectivity index is 2.26. The molecule has 2 aromatic rings. The molecule has 0 bridgehead atoms. The molecule has 1 N–H and O–H groups in total. The lowest BCUT2D eigenvalue weighted by Gasteiger charge is -2.14. The summed E-state index contributed by atoms with van der Waals surface area (Å²) in [5.41, 5.74) is 1.06. The van der Waals surface area contributed by atoms with E-state index in [0.29, 0.717) is 29.4 Å². The van der Waals surface area contributed by atoms with Crippen LogP contribution in [0.5, 0.6) is 5.75 Å². The molecule has 1 heterocycles. The third-order valence-electron chi connectivity index (χ3n) is 2.94. The maximum atomic E-state index is 12.4. The molecule has 116 valence electrons. The number of nitrogens with zero attached hydrogens (tertiary/aromatic N) is 2. The predicted molar refractivity (Wildman–Crippen MR) is 89.1 cm³/mol. The summed E-state index contributed by atoms with van der Waals surface area (Å²) in [6.07, 6.45) is 0. The van der Waals surface area contributed by atoms with Crippen molar-refractivity contribution >= 4 is 29.0 Å². The molecule has 0 radical (unpaired) electrons. The number of hydrogen-bond acceptors (Lipinski definition) is 4. The van der Waals surface area contributed by atoms with Crippen LogP contribution in [0.1, 0.15) is 17.3 Å². The third kappa shape index (κ3) is 3.89. The Morgan fingerprint density at radius 2 is 2.05 bits per heavy atom. The highest BCUT2D eigenvalue weighted by atomic mass is 35.5. The molecule has 0 saturated heterocycles. The lowest BCUT2D eigenvalue weighted by Crippen LogP contribution is -2.16. The summed E-state index contributed by atoms with van der Waals surface area (Å²) < 4.78 is 5.50. The first-order chi connectivity index (χ1) is 10.5. The molecule has 22 heavy (non-hydrogen) atoms. The molecule has 1 aromatic heterocycles. The smallest absolute Gasteiger partial charge is 0.256 e. The van der Waals surface area contributed by atoms with Crippen molar-refractivity contribution < 1.29 is 9.53 Å². The first kappa shape index (κ1) is 16.1. The van der Waals surface area contributed by atoms with E-state index in [1.807, 2.05) is 39.2 Å². The number of anilines is 2. The molecular weight excluding hydrogens is 302 g/mol. The summed E-state index contributed by atoms with van der Waals surface area (Å²) in [7, 11) is 3.68. The first-order valence-corrected chi connectivity index (χ1v) is 7.27. The molecule has 1 amide bonds. The number of halogens is 1. The van der Waals surface area contributed by atoms with E-state index in [-0.39, 0.29) is 11.1 Å². The molecule has 0 aliphatic rings. The van der Waals surface area contributed by atoms with Crippen LogP contribution < -0.4 is 15.0 Å². The van der Waals surface area contributed by atoms with Gasteiger partial charge in [-0.3, -0.25) is 4.79 Å². The van der Waals surface area contributed by atoms with Gasteiger partial charge < -0.3 is 15.0 Å². The minimum absolute atomic E-state index is 0.264. The molecule has 0 fully saturated rings. The van der Waals surface area contributed by atoms with Crippen LogP contribution >= 0.6 is 11.6 Å². The van der Waals surface area contributed by atoms with Gasteiger partial charge in [0.25, 0.3) is 5.91 Å². The van der Waals surface area contributed by atoms with Crippen LogP contribution in [0, 0.1) is 0 Å². The Labute approximate surface area is 134 Å². The van der Waals surface area contributed by atoms with Crippen LogP contribution in [-0.4, -0.2) is 31.6 Å². The van der Waals surface area contributed by atoms with Crippen molar-refractivity contribution in [2.24, 2.45) is 0 Å². The molecule has 2 rings (SSSR count). The van der Waals surface area contributed by atoms with Gasteiger partial charge in [0.15, 0.2) is 0 Å². The molecule has 5 nitrogen and oxygen atoms in total. The number of aromatic nitrogens is 1. The summed E-state index contributed by atoms with van der Waals surface area (Å²) >= 11 is 5.98. The molecule has 0 aliphatic carbocycles. The predicted octanol–water partition coefficient (Wildman–Crippen LogP) is 3.45. The summed E-state index contributed by atoms with van der Waals surface area (Å²) in [6.45, 7) is 2.42. The lowest BCUT2D eigenvalue weighted by atomic mass is 10.2. The SMILES string of the molecule is CCOc1ccccc1NC(=O)c1cc(Cl)nc(N(C)C)c1. The molecule has 0 aliphatic heterocycles. The van der Waals surface area contributed by atoms with E-state index in [0.717, 1.165) is 0 Å². The number of benzene rings is 1. The van der Waals surface area contributed by atoms with Crippen LogP contribution in [0.2, 0.25) is 5.15 Å². The van der Waals surface area contributed by atoms with Crippen molar-refractivity contribution in [3.8, 4) is 5.75 Å². The zero-order chi connectivity index (χ0) is 16.1. The van der Waals surface area contributed by atoms with Crippen LogP contribution in [0.4, 0.5) is 11.5 Å². The van der Waals surface area contributed by atoms with Gasteiger partial charge in [-0.2, -0.15) is 0 Å². The molecule has 1 aromatic carbocycles. The second-order valence-electron chi connectivity index (χ2n) is 4.81. The van der Waals surface area contributed by atoms with Crippen molar-refractivity contribution in [2.45, 2.75) is 6.92 Å². The molecule has 0 spiro atoms. The highest BCUT2D eigenvalue weighted by Gasteiger charge is 2.12. The number of ether oxygens (including phenoxy) is 1. The Morgan fingerprint density at radius 3 is 2.73 bits per heavy atom. The van der Waals surface area contributed by atoms with Crippen LogP contribution in [0.25, 0.3) is 0 Å². The summed E-state index contributed by atoms with van der Waals surface area (Å²) in [5, 5.41) is 3.11. The standard InChI is InChI=1S/C16H18ClN3O2/c1-4-22-13-8-6-5-7-12(13)18-16(21)11-9-14(17)19-15(10-11)20(2)3/h5-10H,4H2,1-3H3,(H,18,21). The molecular formula is C16H18ClN3O2. The number of amides is 1. The zero-order valence-electron chi connectivity index (χ0n) is 12.8. The normalized spacial score (nSPS) is 10.2.